The Labute approximate surface area is 168 Å². The van der Waals surface area contributed by atoms with Crippen molar-refractivity contribution in [2.24, 2.45) is 0 Å². The molecule has 1 aliphatic rings. The van der Waals surface area contributed by atoms with Gasteiger partial charge in [0, 0.05) is 52.0 Å². The summed E-state index contributed by atoms with van der Waals surface area (Å²) in [4.78, 5) is 12.5. The van der Waals surface area contributed by atoms with Crippen LogP contribution in [0.4, 0.5) is 14.9 Å². The minimum Gasteiger partial charge on any atom is -0.489 e. The van der Waals surface area contributed by atoms with Crippen LogP contribution in [0.5, 0.6) is 5.75 Å². The minimum absolute atomic E-state index is 0.269. The van der Waals surface area contributed by atoms with E-state index in [-0.39, 0.29) is 12.4 Å². The lowest BCUT2D eigenvalue weighted by molar-refractivity contribution is -0.0950. The summed E-state index contributed by atoms with van der Waals surface area (Å²) in [6.45, 7) is 1.42. The molecule has 1 aliphatic heterocycles. The van der Waals surface area contributed by atoms with Gasteiger partial charge in [-0.2, -0.15) is 0 Å². The van der Waals surface area contributed by atoms with Gasteiger partial charge in [0.05, 0.1) is 5.60 Å². The molecular formula is C21H23ClFNO4. The van der Waals surface area contributed by atoms with Gasteiger partial charge in [-0.05, 0) is 47.0 Å². The molecule has 0 bridgehead atoms. The monoisotopic (exact) mass is 407 g/mol. The number of methoxy groups -OCH3 is 1. The Morgan fingerprint density at radius 1 is 1.21 bits per heavy atom. The molecular weight excluding hydrogens is 385 g/mol. The lowest BCUT2D eigenvalue weighted by Crippen LogP contribution is -2.35. The third-order valence-corrected chi connectivity index (χ3v) is 5.34. The molecule has 1 heterocycles. The molecule has 2 aromatic carbocycles. The summed E-state index contributed by atoms with van der Waals surface area (Å²) in [6.07, 6.45) is 1.33. The molecule has 150 valence electrons. The third-order valence-electron chi connectivity index (χ3n) is 5.08. The maximum Gasteiger partial charge on any atom is 0.320 e. The van der Waals surface area contributed by atoms with Gasteiger partial charge in [0.15, 0.2) is 0 Å². The number of amides is 1. The normalized spacial score (nSPS) is 15.9. The van der Waals surface area contributed by atoms with Gasteiger partial charge in [-0.3, -0.25) is 4.79 Å². The quantitative estimate of drug-likeness (QED) is 0.507. The van der Waals surface area contributed by atoms with Gasteiger partial charge in [-0.1, -0.05) is 12.1 Å². The van der Waals surface area contributed by atoms with Gasteiger partial charge in [0.2, 0.25) is 0 Å². The number of halogens is 2. The molecule has 1 saturated heterocycles. The zero-order chi connectivity index (χ0) is 20.1. The van der Waals surface area contributed by atoms with Crippen molar-refractivity contribution in [1.82, 2.24) is 0 Å². The molecule has 0 aliphatic carbocycles. The summed E-state index contributed by atoms with van der Waals surface area (Å²) in [5.41, 5.74) is 1.76. The first-order valence-electron chi connectivity index (χ1n) is 9.02. The number of rotatable bonds is 6. The summed E-state index contributed by atoms with van der Waals surface area (Å²) in [5, 5.41) is -0.559. The molecule has 0 radical (unpaired) electrons. The molecule has 0 unspecified atom stereocenters. The molecule has 0 saturated carbocycles. The molecule has 28 heavy (non-hydrogen) atoms. The average Bonchev–Trinajstić information content (AvgIpc) is 2.72. The van der Waals surface area contributed by atoms with Crippen molar-refractivity contribution in [1.29, 1.82) is 0 Å². The first-order valence-corrected chi connectivity index (χ1v) is 9.40. The molecule has 0 aromatic heterocycles. The van der Waals surface area contributed by atoms with Crippen LogP contribution < -0.4 is 9.64 Å². The second-order valence-corrected chi connectivity index (χ2v) is 7.08. The van der Waals surface area contributed by atoms with Gasteiger partial charge in [0.1, 0.15) is 18.2 Å². The highest BCUT2D eigenvalue weighted by molar-refractivity contribution is 6.66. The Morgan fingerprint density at radius 3 is 2.50 bits per heavy atom. The Morgan fingerprint density at radius 2 is 1.89 bits per heavy atom. The number of hydrogen-bond donors (Lipinski definition) is 0. The fraction of sp³-hybridized carbons (Fsp3) is 0.381. The lowest BCUT2D eigenvalue weighted by Gasteiger charge is -2.36. The molecule has 0 N–H and O–H groups in total. The molecule has 3 rings (SSSR count). The highest BCUT2D eigenvalue weighted by atomic mass is 35.5. The summed E-state index contributed by atoms with van der Waals surface area (Å²) in [5.74, 6) is 0.0723. The van der Waals surface area contributed by atoms with Crippen LogP contribution in [0.2, 0.25) is 0 Å². The van der Waals surface area contributed by atoms with Gasteiger partial charge >= 0.3 is 5.37 Å². The van der Waals surface area contributed by atoms with Crippen molar-refractivity contribution in [3.8, 4) is 5.75 Å². The van der Waals surface area contributed by atoms with Crippen molar-refractivity contribution in [2.45, 2.75) is 25.0 Å². The smallest absolute Gasteiger partial charge is 0.320 e. The van der Waals surface area contributed by atoms with Crippen LogP contribution in [0.3, 0.4) is 0 Å². The van der Waals surface area contributed by atoms with E-state index in [0.29, 0.717) is 37.5 Å². The molecule has 1 amide bonds. The van der Waals surface area contributed by atoms with Gasteiger partial charge in [-0.15, -0.1) is 0 Å². The molecule has 1 fully saturated rings. The third kappa shape index (κ3) is 4.63. The Kier molecular flexibility index (Phi) is 6.54. The minimum atomic E-state index is -0.559. The van der Waals surface area contributed by atoms with Crippen LogP contribution >= 0.6 is 11.6 Å². The Bertz CT molecular complexity index is 822. The number of benzene rings is 2. The summed E-state index contributed by atoms with van der Waals surface area (Å²) >= 11 is 5.47. The van der Waals surface area contributed by atoms with E-state index >= 15 is 0 Å². The van der Waals surface area contributed by atoms with E-state index < -0.39 is 11.0 Å². The maximum absolute atomic E-state index is 14.2. The second-order valence-electron chi connectivity index (χ2n) is 6.75. The number of carbonyl (C=O) groups excluding carboxylic acids is 1. The molecule has 0 spiro atoms. The number of hydrogen-bond acceptors (Lipinski definition) is 4. The van der Waals surface area contributed by atoms with Crippen LogP contribution in [0.25, 0.3) is 0 Å². The maximum atomic E-state index is 14.2. The van der Waals surface area contributed by atoms with Crippen LogP contribution in [0.1, 0.15) is 24.0 Å². The Hall–Kier alpha value is -2.15. The fourth-order valence-electron chi connectivity index (χ4n) is 3.30. The van der Waals surface area contributed by atoms with Crippen LogP contribution in [0, 0.1) is 5.82 Å². The van der Waals surface area contributed by atoms with Gasteiger partial charge in [-0.25, -0.2) is 4.39 Å². The van der Waals surface area contributed by atoms with E-state index in [1.165, 1.54) is 17.0 Å². The van der Waals surface area contributed by atoms with Crippen molar-refractivity contribution in [2.75, 3.05) is 32.3 Å². The van der Waals surface area contributed by atoms with Gasteiger partial charge < -0.3 is 19.1 Å². The molecule has 0 atom stereocenters. The zero-order valence-corrected chi connectivity index (χ0v) is 16.7. The summed E-state index contributed by atoms with van der Waals surface area (Å²) in [7, 11) is 3.23. The molecule has 7 heteroatoms. The topological polar surface area (TPSA) is 48.0 Å². The SMILES string of the molecule is COC1(c2cc(F)cc(OCc3ccc(N(C)C(=O)Cl)cc3)c2)CCOCC1. The number of carbonyl (C=O) groups is 1. The zero-order valence-electron chi connectivity index (χ0n) is 15.9. The van der Waals surface area contributed by atoms with Crippen LogP contribution in [-0.4, -0.2) is 32.7 Å². The van der Waals surface area contributed by atoms with E-state index in [4.69, 9.17) is 25.8 Å². The standard InChI is InChI=1S/C21H23ClFNO4/c1-24(20(22)25)18-5-3-15(4-6-18)14-28-19-12-16(11-17(23)13-19)21(26-2)7-9-27-10-8-21/h3-6,11-13H,7-10,14H2,1-2H3. The van der Waals surface area contributed by atoms with Crippen molar-refractivity contribution >= 4 is 22.7 Å². The van der Waals surface area contributed by atoms with E-state index in [1.807, 2.05) is 18.2 Å². The first kappa shape index (κ1) is 20.6. The van der Waals surface area contributed by atoms with Gasteiger partial charge in [0.25, 0.3) is 0 Å². The highest BCUT2D eigenvalue weighted by Gasteiger charge is 2.35. The van der Waals surface area contributed by atoms with Crippen LogP contribution in [-0.2, 0) is 21.7 Å². The average molecular weight is 408 g/mol. The molecule has 2 aromatic rings. The summed E-state index contributed by atoms with van der Waals surface area (Å²) < 4.78 is 31.2. The van der Waals surface area contributed by atoms with E-state index in [1.54, 1.807) is 26.3 Å². The largest absolute Gasteiger partial charge is 0.489 e. The predicted octanol–water partition coefficient (Wildman–Crippen LogP) is 4.85. The number of nitrogens with zero attached hydrogens (tertiary/aromatic N) is 1. The highest BCUT2D eigenvalue weighted by Crippen LogP contribution is 2.37. The fourth-order valence-corrected chi connectivity index (χ4v) is 3.40. The van der Waals surface area contributed by atoms with E-state index in [0.717, 1.165) is 11.1 Å². The number of anilines is 1. The Balaban J connectivity index is 1.73. The summed E-state index contributed by atoms with van der Waals surface area (Å²) in [6, 6.07) is 11.9. The van der Waals surface area contributed by atoms with Crippen LogP contribution in [0.15, 0.2) is 42.5 Å². The van der Waals surface area contributed by atoms with E-state index in [2.05, 4.69) is 0 Å². The lowest BCUT2D eigenvalue weighted by atomic mass is 9.86. The first-order chi connectivity index (χ1) is 13.4. The van der Waals surface area contributed by atoms with Crippen molar-refractivity contribution in [3.63, 3.8) is 0 Å². The number of ether oxygens (including phenoxy) is 3. The second kappa shape index (κ2) is 8.90. The van der Waals surface area contributed by atoms with E-state index in [9.17, 15) is 9.18 Å². The van der Waals surface area contributed by atoms with Crippen molar-refractivity contribution in [3.05, 3.63) is 59.4 Å². The predicted molar refractivity (Wildman–Crippen MR) is 106 cm³/mol. The van der Waals surface area contributed by atoms with Crippen molar-refractivity contribution < 1.29 is 23.4 Å². The molecule has 5 nitrogen and oxygen atoms in total.